The number of halogens is 1. The first-order valence-corrected chi connectivity index (χ1v) is 5.89. The van der Waals surface area contributed by atoms with Crippen molar-refractivity contribution in [2.24, 2.45) is 0 Å². The summed E-state index contributed by atoms with van der Waals surface area (Å²) >= 11 is 0. The smallest absolute Gasteiger partial charge is 0.250 e. The van der Waals surface area contributed by atoms with Gasteiger partial charge in [-0.2, -0.15) is 0 Å². The zero-order chi connectivity index (χ0) is 13.7. The Hall–Kier alpha value is -2.14. The van der Waals surface area contributed by atoms with Crippen LogP contribution in [0.1, 0.15) is 5.56 Å². The largest absolute Gasteiger partial charge is 0.488 e. The van der Waals surface area contributed by atoms with Gasteiger partial charge in [0.2, 0.25) is 0 Å². The number of aliphatic hydroxyl groups excluding tert-OH is 1. The van der Waals surface area contributed by atoms with E-state index in [0.717, 1.165) is 0 Å². The summed E-state index contributed by atoms with van der Waals surface area (Å²) in [5.41, 5.74) is 0.252. The maximum absolute atomic E-state index is 13.5. The van der Waals surface area contributed by atoms with E-state index in [4.69, 9.17) is 9.84 Å². The van der Waals surface area contributed by atoms with Crippen LogP contribution in [0.25, 0.3) is 0 Å². The molecule has 1 aromatic heterocycles. The monoisotopic (exact) mass is 263 g/mol. The molecule has 19 heavy (non-hydrogen) atoms. The first-order valence-electron chi connectivity index (χ1n) is 5.89. The first-order chi connectivity index (χ1) is 9.22. The predicted octanol–water partition coefficient (Wildman–Crippen LogP) is 1.56. The number of aromatic nitrogens is 1. The summed E-state index contributed by atoms with van der Waals surface area (Å²) in [5.74, 6) is -0.485. The standard InChI is InChI=1S/C14H14FNO3/c15-12-5-3-4-11(10-17)14(12)19-9-8-16-7-2-1-6-13(16)18/h1-7,17H,8-10H2. The van der Waals surface area contributed by atoms with Gasteiger partial charge < -0.3 is 14.4 Å². The van der Waals surface area contributed by atoms with Crippen LogP contribution < -0.4 is 10.3 Å². The Morgan fingerprint density at radius 2 is 2.05 bits per heavy atom. The first kappa shape index (κ1) is 13.3. The van der Waals surface area contributed by atoms with Crippen LogP contribution in [0.2, 0.25) is 0 Å². The van der Waals surface area contributed by atoms with Crippen molar-refractivity contribution in [2.75, 3.05) is 6.61 Å². The van der Waals surface area contributed by atoms with E-state index in [1.807, 2.05) is 0 Å². The zero-order valence-electron chi connectivity index (χ0n) is 10.3. The molecule has 0 aliphatic carbocycles. The molecular weight excluding hydrogens is 249 g/mol. The number of para-hydroxylation sites is 1. The van der Waals surface area contributed by atoms with E-state index in [1.165, 1.54) is 22.8 Å². The minimum Gasteiger partial charge on any atom is -0.488 e. The Morgan fingerprint density at radius 1 is 1.21 bits per heavy atom. The molecule has 0 amide bonds. The Labute approximate surface area is 109 Å². The fourth-order valence-electron chi connectivity index (χ4n) is 1.73. The van der Waals surface area contributed by atoms with Gasteiger partial charge >= 0.3 is 0 Å². The van der Waals surface area contributed by atoms with Crippen LogP contribution in [0, 0.1) is 5.82 Å². The number of hydrogen-bond acceptors (Lipinski definition) is 3. The third kappa shape index (κ3) is 3.20. The highest BCUT2D eigenvalue weighted by Gasteiger charge is 2.08. The van der Waals surface area contributed by atoms with Crippen molar-refractivity contribution in [3.63, 3.8) is 0 Å². The van der Waals surface area contributed by atoms with E-state index in [2.05, 4.69) is 0 Å². The van der Waals surface area contributed by atoms with Crippen LogP contribution in [-0.2, 0) is 13.2 Å². The summed E-state index contributed by atoms with van der Waals surface area (Å²) in [4.78, 5) is 11.4. The molecule has 0 unspecified atom stereocenters. The van der Waals surface area contributed by atoms with Crippen molar-refractivity contribution in [1.82, 2.24) is 4.57 Å². The van der Waals surface area contributed by atoms with Gasteiger partial charge in [0.25, 0.3) is 5.56 Å². The van der Waals surface area contributed by atoms with Crippen LogP contribution in [0.5, 0.6) is 5.75 Å². The molecule has 1 heterocycles. The Balaban J connectivity index is 2.04. The van der Waals surface area contributed by atoms with E-state index in [0.29, 0.717) is 12.1 Å². The molecule has 0 radical (unpaired) electrons. The fraction of sp³-hybridized carbons (Fsp3) is 0.214. The number of ether oxygens (including phenoxy) is 1. The van der Waals surface area contributed by atoms with E-state index in [1.54, 1.807) is 24.4 Å². The third-order valence-electron chi connectivity index (χ3n) is 2.70. The van der Waals surface area contributed by atoms with Crippen LogP contribution >= 0.6 is 0 Å². The molecule has 0 saturated carbocycles. The molecule has 4 nitrogen and oxygen atoms in total. The minimum absolute atomic E-state index is 0.0361. The van der Waals surface area contributed by atoms with Gasteiger partial charge in [0, 0.05) is 17.8 Å². The molecule has 0 fully saturated rings. The van der Waals surface area contributed by atoms with Crippen molar-refractivity contribution in [1.29, 1.82) is 0 Å². The second-order valence-electron chi connectivity index (χ2n) is 3.97. The Bertz CT molecular complexity index is 610. The highest BCUT2D eigenvalue weighted by molar-refractivity contribution is 5.34. The van der Waals surface area contributed by atoms with Crippen LogP contribution in [0.4, 0.5) is 4.39 Å². The van der Waals surface area contributed by atoms with Gasteiger partial charge in [-0.1, -0.05) is 18.2 Å². The summed E-state index contributed by atoms with van der Waals surface area (Å²) < 4.78 is 20.3. The van der Waals surface area contributed by atoms with Crippen LogP contribution in [0.3, 0.4) is 0 Å². The lowest BCUT2D eigenvalue weighted by molar-refractivity contribution is 0.249. The number of pyridine rings is 1. The maximum atomic E-state index is 13.5. The minimum atomic E-state index is -0.521. The van der Waals surface area contributed by atoms with Gasteiger partial charge in [-0.25, -0.2) is 4.39 Å². The zero-order valence-corrected chi connectivity index (χ0v) is 10.3. The van der Waals surface area contributed by atoms with Crippen molar-refractivity contribution in [2.45, 2.75) is 13.2 Å². The van der Waals surface area contributed by atoms with Crippen molar-refractivity contribution in [3.05, 3.63) is 64.3 Å². The molecule has 0 bridgehead atoms. The molecule has 0 aliphatic heterocycles. The molecule has 0 saturated heterocycles. The fourth-order valence-corrected chi connectivity index (χ4v) is 1.73. The summed E-state index contributed by atoms with van der Waals surface area (Å²) in [7, 11) is 0. The molecule has 0 aliphatic rings. The lowest BCUT2D eigenvalue weighted by atomic mass is 10.2. The molecule has 2 aromatic rings. The normalized spacial score (nSPS) is 10.4. The van der Waals surface area contributed by atoms with Gasteiger partial charge in [0.15, 0.2) is 11.6 Å². The summed E-state index contributed by atoms with van der Waals surface area (Å²) in [6.07, 6.45) is 1.64. The quantitative estimate of drug-likeness (QED) is 0.890. The lowest BCUT2D eigenvalue weighted by Crippen LogP contribution is -2.21. The van der Waals surface area contributed by atoms with E-state index in [9.17, 15) is 9.18 Å². The van der Waals surface area contributed by atoms with Gasteiger partial charge in [0.05, 0.1) is 13.2 Å². The van der Waals surface area contributed by atoms with E-state index >= 15 is 0 Å². The average Bonchev–Trinajstić information content (AvgIpc) is 2.42. The number of nitrogens with zero attached hydrogens (tertiary/aromatic N) is 1. The van der Waals surface area contributed by atoms with Crippen molar-refractivity contribution in [3.8, 4) is 5.75 Å². The molecule has 1 N–H and O–H groups in total. The third-order valence-corrected chi connectivity index (χ3v) is 2.70. The highest BCUT2D eigenvalue weighted by atomic mass is 19.1. The molecular formula is C14H14FNO3. The lowest BCUT2D eigenvalue weighted by Gasteiger charge is -2.11. The van der Waals surface area contributed by atoms with E-state index < -0.39 is 5.82 Å². The molecule has 100 valence electrons. The second kappa shape index (κ2) is 6.15. The number of aliphatic hydroxyl groups is 1. The number of rotatable bonds is 5. The SMILES string of the molecule is O=c1ccccn1CCOc1c(F)cccc1CO. The van der Waals surface area contributed by atoms with Crippen LogP contribution in [-0.4, -0.2) is 16.3 Å². The average molecular weight is 263 g/mol. The van der Waals surface area contributed by atoms with E-state index in [-0.39, 0.29) is 24.5 Å². The van der Waals surface area contributed by atoms with Gasteiger partial charge in [0.1, 0.15) is 6.61 Å². The number of benzene rings is 1. The number of hydrogen-bond donors (Lipinski definition) is 1. The summed E-state index contributed by atoms with van der Waals surface area (Å²) in [6.45, 7) is 0.176. The van der Waals surface area contributed by atoms with Crippen molar-refractivity contribution < 1.29 is 14.2 Å². The van der Waals surface area contributed by atoms with Gasteiger partial charge in [-0.15, -0.1) is 0 Å². The summed E-state index contributed by atoms with van der Waals surface area (Å²) in [6, 6.07) is 9.21. The Morgan fingerprint density at radius 3 is 2.79 bits per heavy atom. The molecule has 1 aromatic carbocycles. The van der Waals surface area contributed by atoms with Crippen LogP contribution in [0.15, 0.2) is 47.4 Å². The Kier molecular flexibility index (Phi) is 4.30. The molecule has 0 spiro atoms. The molecule has 5 heteroatoms. The second-order valence-corrected chi connectivity index (χ2v) is 3.97. The predicted molar refractivity (Wildman–Crippen MR) is 68.5 cm³/mol. The maximum Gasteiger partial charge on any atom is 0.250 e. The molecule has 0 atom stereocenters. The van der Waals surface area contributed by atoms with Gasteiger partial charge in [-0.05, 0) is 12.1 Å². The van der Waals surface area contributed by atoms with Crippen molar-refractivity contribution >= 4 is 0 Å². The topological polar surface area (TPSA) is 51.5 Å². The van der Waals surface area contributed by atoms with Gasteiger partial charge in [-0.3, -0.25) is 4.79 Å². The highest BCUT2D eigenvalue weighted by Crippen LogP contribution is 2.22. The molecule has 2 rings (SSSR count). The summed E-state index contributed by atoms with van der Waals surface area (Å²) in [5, 5.41) is 9.10.